The maximum atomic E-state index is 10.2. The lowest BCUT2D eigenvalue weighted by Gasteiger charge is -2.15. The minimum atomic E-state index is 0.775. The molecule has 1 heterocycles. The molecule has 0 radical (unpaired) electrons. The Labute approximate surface area is 81.1 Å². The lowest BCUT2D eigenvalue weighted by atomic mass is 10.1. The Kier molecular flexibility index (Phi) is 2.48. The predicted molar refractivity (Wildman–Crippen MR) is 53.3 cm³/mol. The highest BCUT2D eigenvalue weighted by Crippen LogP contribution is 2.37. The summed E-state index contributed by atoms with van der Waals surface area (Å²) in [6.45, 7) is 0. The average Bonchev–Trinajstić information content (AvgIpc) is 2.19. The number of aliphatic imine (C=N–C) groups is 1. The Bertz CT molecular complexity index is 369. The number of hydrogen-bond acceptors (Lipinski definition) is 3. The first-order valence-electron chi connectivity index (χ1n) is 4.24. The molecule has 1 aliphatic heterocycles. The van der Waals surface area contributed by atoms with Crippen molar-refractivity contribution in [3.05, 3.63) is 23.8 Å². The number of nitrogens with zero attached hydrogens (tertiary/aromatic N) is 1. The van der Waals surface area contributed by atoms with Gasteiger partial charge < -0.3 is 0 Å². The number of benzene rings is 1. The molecule has 1 aromatic carbocycles. The molecule has 0 saturated carbocycles. The number of hydrogen-bond donors (Lipinski definition) is 0. The maximum absolute atomic E-state index is 10.2. The zero-order chi connectivity index (χ0) is 9.10. The normalized spacial score (nSPS) is 14.5. The summed E-state index contributed by atoms with van der Waals surface area (Å²) in [6.07, 6.45) is 3.91. The summed E-state index contributed by atoms with van der Waals surface area (Å²) in [5.41, 5.74) is 2.09. The summed E-state index contributed by atoms with van der Waals surface area (Å²) in [5, 5.41) is 0. The quantitative estimate of drug-likeness (QED) is 0.504. The minimum Gasteiger partial charge on any atom is -0.211 e. The van der Waals surface area contributed by atoms with E-state index in [1.54, 1.807) is 17.8 Å². The Morgan fingerprint density at radius 2 is 2.38 bits per heavy atom. The molecule has 0 atom stereocenters. The number of carbonyl (C=O) groups excluding carboxylic acids is 1. The lowest BCUT2D eigenvalue weighted by Crippen LogP contribution is -1.97. The van der Waals surface area contributed by atoms with Crippen LogP contribution in [0.25, 0.3) is 0 Å². The van der Waals surface area contributed by atoms with Crippen LogP contribution in [0, 0.1) is 0 Å². The molecule has 1 aromatic rings. The van der Waals surface area contributed by atoms with Crippen molar-refractivity contribution in [3.8, 4) is 0 Å². The van der Waals surface area contributed by atoms with Gasteiger partial charge in [0.1, 0.15) is 0 Å². The van der Waals surface area contributed by atoms with Gasteiger partial charge in [-0.3, -0.25) is 0 Å². The van der Waals surface area contributed by atoms with E-state index < -0.39 is 0 Å². The first-order valence-corrected chi connectivity index (χ1v) is 5.23. The highest BCUT2D eigenvalue weighted by Gasteiger charge is 2.12. The third kappa shape index (κ3) is 1.67. The summed E-state index contributed by atoms with van der Waals surface area (Å²) in [6, 6.07) is 5.91. The summed E-state index contributed by atoms with van der Waals surface area (Å²) in [4.78, 5) is 15.0. The second-order valence-electron chi connectivity index (χ2n) is 2.92. The van der Waals surface area contributed by atoms with Crippen LogP contribution in [0.5, 0.6) is 0 Å². The standard InChI is InChI=1S/C10H9NOS/c12-7-11-9-5-1-3-8-4-2-6-13-10(8)9/h1,3,5H,2,4,6H2. The van der Waals surface area contributed by atoms with Crippen LogP contribution in [0.3, 0.4) is 0 Å². The first-order chi connectivity index (χ1) is 6.42. The van der Waals surface area contributed by atoms with Crippen LogP contribution in [-0.4, -0.2) is 11.8 Å². The number of aryl methyl sites for hydroxylation is 1. The summed E-state index contributed by atoms with van der Waals surface area (Å²) < 4.78 is 0. The van der Waals surface area contributed by atoms with Crippen molar-refractivity contribution in [3.63, 3.8) is 0 Å². The van der Waals surface area contributed by atoms with Gasteiger partial charge in [-0.25, -0.2) is 4.79 Å². The largest absolute Gasteiger partial charge is 0.240 e. The third-order valence-corrected chi connectivity index (χ3v) is 3.33. The second kappa shape index (κ2) is 3.77. The lowest BCUT2D eigenvalue weighted by molar-refractivity contribution is 0.565. The second-order valence-corrected chi connectivity index (χ2v) is 4.03. The number of rotatable bonds is 1. The predicted octanol–water partition coefficient (Wildman–Crippen LogP) is 2.69. The van der Waals surface area contributed by atoms with Crippen LogP contribution < -0.4 is 0 Å². The summed E-state index contributed by atoms with van der Waals surface area (Å²) in [5.74, 6) is 1.12. The number of isocyanates is 1. The molecule has 0 saturated heterocycles. The molecular formula is C10H9NOS. The van der Waals surface area contributed by atoms with Crippen LogP contribution in [0.4, 0.5) is 5.69 Å². The van der Waals surface area contributed by atoms with Crippen LogP contribution >= 0.6 is 11.8 Å². The van der Waals surface area contributed by atoms with Crippen molar-refractivity contribution >= 4 is 23.5 Å². The molecule has 0 fully saturated rings. The van der Waals surface area contributed by atoms with Crippen LogP contribution in [-0.2, 0) is 11.2 Å². The van der Waals surface area contributed by atoms with E-state index in [1.165, 1.54) is 12.0 Å². The van der Waals surface area contributed by atoms with Crippen molar-refractivity contribution in [2.45, 2.75) is 17.7 Å². The monoisotopic (exact) mass is 191 g/mol. The fourth-order valence-electron chi connectivity index (χ4n) is 1.51. The Morgan fingerprint density at radius 3 is 3.23 bits per heavy atom. The summed E-state index contributed by atoms with van der Waals surface area (Å²) in [7, 11) is 0. The number of fused-ring (bicyclic) bond motifs is 1. The third-order valence-electron chi connectivity index (χ3n) is 2.08. The van der Waals surface area contributed by atoms with Crippen molar-refractivity contribution < 1.29 is 4.79 Å². The van der Waals surface area contributed by atoms with E-state index in [0.29, 0.717) is 0 Å². The van der Waals surface area contributed by atoms with E-state index in [1.807, 2.05) is 12.1 Å². The van der Waals surface area contributed by atoms with Crippen molar-refractivity contribution in [2.75, 3.05) is 5.75 Å². The molecule has 0 bridgehead atoms. The molecule has 0 aromatic heterocycles. The molecule has 0 unspecified atom stereocenters. The Morgan fingerprint density at radius 1 is 1.46 bits per heavy atom. The van der Waals surface area contributed by atoms with Crippen molar-refractivity contribution in [1.29, 1.82) is 0 Å². The van der Waals surface area contributed by atoms with Gasteiger partial charge in [0.05, 0.1) is 5.69 Å². The fraction of sp³-hybridized carbons (Fsp3) is 0.300. The SMILES string of the molecule is O=C=Nc1cccc2c1SCCC2. The molecule has 0 amide bonds. The van der Waals surface area contributed by atoms with E-state index in [2.05, 4.69) is 11.1 Å². The van der Waals surface area contributed by atoms with Crippen LogP contribution in [0.15, 0.2) is 28.1 Å². The molecule has 2 rings (SSSR count). The summed E-state index contributed by atoms with van der Waals surface area (Å²) >= 11 is 1.78. The Balaban J connectivity index is 2.51. The highest BCUT2D eigenvalue weighted by molar-refractivity contribution is 7.99. The van der Waals surface area contributed by atoms with Crippen LogP contribution in [0.1, 0.15) is 12.0 Å². The van der Waals surface area contributed by atoms with Crippen molar-refractivity contribution in [1.82, 2.24) is 0 Å². The zero-order valence-electron chi connectivity index (χ0n) is 7.12. The van der Waals surface area contributed by atoms with E-state index in [9.17, 15) is 4.79 Å². The van der Waals surface area contributed by atoms with Gasteiger partial charge >= 0.3 is 0 Å². The average molecular weight is 191 g/mol. The molecule has 1 aliphatic rings. The van der Waals surface area contributed by atoms with E-state index in [-0.39, 0.29) is 0 Å². The van der Waals surface area contributed by atoms with Gasteiger partial charge in [0.25, 0.3) is 0 Å². The molecule has 0 N–H and O–H groups in total. The van der Waals surface area contributed by atoms with E-state index in [0.717, 1.165) is 22.8 Å². The van der Waals surface area contributed by atoms with Gasteiger partial charge in [-0.1, -0.05) is 12.1 Å². The number of thioether (sulfide) groups is 1. The topological polar surface area (TPSA) is 29.4 Å². The fourth-order valence-corrected chi connectivity index (χ4v) is 2.62. The van der Waals surface area contributed by atoms with Gasteiger partial charge in [0.2, 0.25) is 6.08 Å². The Hall–Kier alpha value is -1.05. The minimum absolute atomic E-state index is 0.775. The van der Waals surface area contributed by atoms with E-state index >= 15 is 0 Å². The van der Waals surface area contributed by atoms with E-state index in [4.69, 9.17) is 0 Å². The first kappa shape index (κ1) is 8.54. The molecule has 3 heteroatoms. The zero-order valence-corrected chi connectivity index (χ0v) is 7.93. The molecule has 13 heavy (non-hydrogen) atoms. The molecule has 2 nitrogen and oxygen atoms in total. The molecule has 0 spiro atoms. The van der Waals surface area contributed by atoms with Gasteiger partial charge in [0, 0.05) is 4.90 Å². The smallest absolute Gasteiger partial charge is 0.211 e. The van der Waals surface area contributed by atoms with Gasteiger partial charge in [-0.15, -0.1) is 11.8 Å². The van der Waals surface area contributed by atoms with Gasteiger partial charge in [-0.05, 0) is 30.2 Å². The van der Waals surface area contributed by atoms with Gasteiger partial charge in [-0.2, -0.15) is 4.99 Å². The van der Waals surface area contributed by atoms with Gasteiger partial charge in [0.15, 0.2) is 0 Å². The highest BCUT2D eigenvalue weighted by atomic mass is 32.2. The molecule has 0 aliphatic carbocycles. The maximum Gasteiger partial charge on any atom is 0.240 e. The van der Waals surface area contributed by atoms with Crippen LogP contribution in [0.2, 0.25) is 0 Å². The van der Waals surface area contributed by atoms with Crippen molar-refractivity contribution in [2.24, 2.45) is 4.99 Å². The molecular weight excluding hydrogens is 182 g/mol. The molecule has 66 valence electrons.